The predicted octanol–water partition coefficient (Wildman–Crippen LogP) is 2.28. The van der Waals surface area contributed by atoms with Crippen LogP contribution in [0.25, 0.3) is 11.4 Å². The van der Waals surface area contributed by atoms with E-state index in [9.17, 15) is 9.59 Å². The minimum Gasteiger partial charge on any atom is -0.354 e. The van der Waals surface area contributed by atoms with Crippen LogP contribution in [0, 0.1) is 6.92 Å². The number of aromatic nitrogens is 5. The summed E-state index contributed by atoms with van der Waals surface area (Å²) in [5, 5.41) is 14.3. The maximum absolute atomic E-state index is 12.7. The van der Waals surface area contributed by atoms with Crippen LogP contribution < -0.4 is 5.32 Å². The smallest absolute Gasteiger partial charge is 0.272 e. The second-order valence-electron chi connectivity index (χ2n) is 6.42. The Morgan fingerprint density at radius 3 is 2.88 bits per heavy atom. The normalized spacial score (nSPS) is 13.5. The summed E-state index contributed by atoms with van der Waals surface area (Å²) in [6, 6.07) is 7.32. The van der Waals surface area contributed by atoms with Crippen LogP contribution in [0.3, 0.4) is 0 Å². The van der Waals surface area contributed by atoms with Crippen LogP contribution in [0.15, 0.2) is 24.3 Å². The van der Waals surface area contributed by atoms with Crippen LogP contribution in [0.2, 0.25) is 0 Å². The van der Waals surface area contributed by atoms with Crippen LogP contribution >= 0.6 is 0 Å². The first kappa shape index (κ1) is 16.2. The molecule has 132 valence electrons. The second kappa shape index (κ2) is 6.21. The molecule has 0 bridgehead atoms. The van der Waals surface area contributed by atoms with Crippen molar-refractivity contribution in [2.24, 2.45) is 7.05 Å². The fourth-order valence-corrected chi connectivity index (χ4v) is 3.40. The summed E-state index contributed by atoms with van der Waals surface area (Å²) < 4.78 is 1.57. The number of fused-ring (bicyclic) bond motifs is 1. The summed E-state index contributed by atoms with van der Waals surface area (Å²) in [7, 11) is 1.75. The van der Waals surface area contributed by atoms with E-state index in [1.54, 1.807) is 17.8 Å². The average molecular weight is 350 g/mol. The maximum Gasteiger partial charge on any atom is 0.272 e. The molecular weight excluding hydrogens is 332 g/mol. The van der Waals surface area contributed by atoms with Crippen molar-refractivity contribution in [2.75, 3.05) is 5.32 Å². The summed E-state index contributed by atoms with van der Waals surface area (Å²) in [6.07, 6.45) is 2.16. The molecule has 1 aromatic carbocycles. The summed E-state index contributed by atoms with van der Waals surface area (Å²) in [5.41, 5.74) is 4.14. The minimum atomic E-state index is -0.266. The number of rotatable bonds is 3. The van der Waals surface area contributed by atoms with Gasteiger partial charge in [0, 0.05) is 36.0 Å². The first-order chi connectivity index (χ1) is 12.5. The van der Waals surface area contributed by atoms with E-state index in [1.165, 1.54) is 0 Å². The van der Waals surface area contributed by atoms with E-state index in [0.717, 1.165) is 29.7 Å². The first-order valence-electron chi connectivity index (χ1n) is 8.43. The van der Waals surface area contributed by atoms with Gasteiger partial charge in [-0.3, -0.25) is 9.59 Å². The molecule has 26 heavy (non-hydrogen) atoms. The number of benzene rings is 1. The third-order valence-electron chi connectivity index (χ3n) is 4.66. The highest BCUT2D eigenvalue weighted by Gasteiger charge is 2.26. The van der Waals surface area contributed by atoms with Crippen molar-refractivity contribution in [1.29, 1.82) is 0 Å². The lowest BCUT2D eigenvalue weighted by molar-refractivity contribution is 0.0971. The highest BCUT2D eigenvalue weighted by molar-refractivity contribution is 6.08. The van der Waals surface area contributed by atoms with Crippen LogP contribution in [-0.4, -0.2) is 36.9 Å². The molecule has 2 N–H and O–H groups in total. The summed E-state index contributed by atoms with van der Waals surface area (Å²) in [5.74, 6) is 0.451. The van der Waals surface area contributed by atoms with Gasteiger partial charge in [0.25, 0.3) is 5.91 Å². The summed E-state index contributed by atoms with van der Waals surface area (Å²) >= 11 is 0. The molecule has 2 aromatic heterocycles. The number of aromatic amines is 1. The number of hydrogen-bond acceptors (Lipinski definition) is 5. The Morgan fingerprint density at radius 1 is 1.31 bits per heavy atom. The number of carbonyl (C=O) groups is 2. The molecule has 0 saturated heterocycles. The predicted molar refractivity (Wildman–Crippen MR) is 95.0 cm³/mol. The largest absolute Gasteiger partial charge is 0.354 e. The molecule has 2 heterocycles. The van der Waals surface area contributed by atoms with Crippen molar-refractivity contribution in [2.45, 2.75) is 26.2 Å². The monoisotopic (exact) mass is 350 g/mol. The van der Waals surface area contributed by atoms with Gasteiger partial charge < -0.3 is 10.3 Å². The number of nitrogens with one attached hydrogen (secondary N) is 2. The maximum atomic E-state index is 12.7. The number of aryl methyl sites for hydroxylation is 2. The van der Waals surface area contributed by atoms with E-state index in [0.29, 0.717) is 29.2 Å². The van der Waals surface area contributed by atoms with Gasteiger partial charge in [0.1, 0.15) is 5.69 Å². The van der Waals surface area contributed by atoms with E-state index in [2.05, 4.69) is 25.8 Å². The van der Waals surface area contributed by atoms with E-state index in [-0.39, 0.29) is 11.7 Å². The van der Waals surface area contributed by atoms with Gasteiger partial charge in [-0.1, -0.05) is 12.1 Å². The molecule has 1 aliphatic carbocycles. The third-order valence-corrected chi connectivity index (χ3v) is 4.66. The average Bonchev–Trinajstić information content (AvgIpc) is 3.19. The molecule has 0 spiro atoms. The Bertz CT molecular complexity index is 1020. The topological polar surface area (TPSA) is 106 Å². The van der Waals surface area contributed by atoms with Crippen molar-refractivity contribution in [3.05, 3.63) is 46.8 Å². The van der Waals surface area contributed by atoms with Gasteiger partial charge in [0.05, 0.1) is 0 Å². The van der Waals surface area contributed by atoms with Crippen molar-refractivity contribution in [1.82, 2.24) is 25.2 Å². The molecule has 8 heteroatoms. The zero-order valence-electron chi connectivity index (χ0n) is 14.5. The van der Waals surface area contributed by atoms with Gasteiger partial charge in [0.15, 0.2) is 11.6 Å². The molecule has 1 aliphatic rings. The van der Waals surface area contributed by atoms with Gasteiger partial charge in [0.2, 0.25) is 0 Å². The molecule has 0 saturated carbocycles. The second-order valence-corrected chi connectivity index (χ2v) is 6.42. The van der Waals surface area contributed by atoms with Gasteiger partial charge in [-0.25, -0.2) is 4.68 Å². The van der Waals surface area contributed by atoms with Gasteiger partial charge in [-0.15, -0.1) is 5.10 Å². The number of carbonyl (C=O) groups excluding carboxylic acids is 2. The SMILES string of the molecule is Cc1c(C(=O)Nc2cccc(-c3nnnn3C)c2)[nH]c2c1C(=O)CCC2. The van der Waals surface area contributed by atoms with Crippen LogP contribution in [0.5, 0.6) is 0 Å². The molecule has 3 aromatic rings. The van der Waals surface area contributed by atoms with Crippen LogP contribution in [0.4, 0.5) is 5.69 Å². The van der Waals surface area contributed by atoms with E-state index >= 15 is 0 Å². The Hall–Kier alpha value is -3.29. The van der Waals surface area contributed by atoms with Crippen LogP contribution in [0.1, 0.15) is 44.9 Å². The van der Waals surface area contributed by atoms with E-state index < -0.39 is 0 Å². The fraction of sp³-hybridized carbons (Fsp3) is 0.278. The number of anilines is 1. The Balaban J connectivity index is 1.62. The minimum absolute atomic E-state index is 0.107. The molecule has 1 amide bonds. The zero-order chi connectivity index (χ0) is 18.3. The lowest BCUT2D eigenvalue weighted by Crippen LogP contribution is -2.14. The molecular formula is C18H18N6O2. The van der Waals surface area contributed by atoms with Crippen LogP contribution in [-0.2, 0) is 13.5 Å². The quantitative estimate of drug-likeness (QED) is 0.754. The molecule has 0 aliphatic heterocycles. The number of hydrogen-bond donors (Lipinski definition) is 2. The summed E-state index contributed by atoms with van der Waals surface area (Å²) in [6.45, 7) is 1.81. The number of tetrazole rings is 1. The first-order valence-corrected chi connectivity index (χ1v) is 8.43. The van der Waals surface area contributed by atoms with Crippen molar-refractivity contribution in [3.63, 3.8) is 0 Å². The Morgan fingerprint density at radius 2 is 2.15 bits per heavy atom. The Labute approximate surface area is 149 Å². The molecule has 0 fully saturated rings. The molecule has 0 atom stereocenters. The lowest BCUT2D eigenvalue weighted by atomic mass is 9.94. The highest BCUT2D eigenvalue weighted by atomic mass is 16.2. The molecule has 4 rings (SSSR count). The molecule has 0 unspecified atom stereocenters. The summed E-state index contributed by atoms with van der Waals surface area (Å²) in [4.78, 5) is 28.0. The van der Waals surface area contributed by atoms with E-state index in [1.807, 2.05) is 25.1 Å². The third kappa shape index (κ3) is 2.69. The number of ketones is 1. The van der Waals surface area contributed by atoms with Gasteiger partial charge in [-0.05, 0) is 47.9 Å². The van der Waals surface area contributed by atoms with Gasteiger partial charge >= 0.3 is 0 Å². The van der Waals surface area contributed by atoms with Crippen molar-refractivity contribution in [3.8, 4) is 11.4 Å². The van der Waals surface area contributed by atoms with Gasteiger partial charge in [-0.2, -0.15) is 0 Å². The number of Topliss-reactive ketones (excluding diaryl/α,β-unsaturated/α-hetero) is 1. The molecule has 0 radical (unpaired) electrons. The van der Waals surface area contributed by atoms with Crippen molar-refractivity contribution < 1.29 is 9.59 Å². The standard InChI is InChI=1S/C18H18N6O2/c1-10-15-13(7-4-8-14(15)25)20-16(10)18(26)19-12-6-3-5-11(9-12)17-21-22-23-24(17)2/h3,5-6,9,20H,4,7-8H2,1-2H3,(H,19,26). The molecule has 8 nitrogen and oxygen atoms in total. The van der Waals surface area contributed by atoms with Crippen molar-refractivity contribution >= 4 is 17.4 Å². The number of nitrogens with zero attached hydrogens (tertiary/aromatic N) is 4. The Kier molecular flexibility index (Phi) is 3.87. The number of amides is 1. The fourth-order valence-electron chi connectivity index (χ4n) is 3.40. The zero-order valence-corrected chi connectivity index (χ0v) is 14.5. The van der Waals surface area contributed by atoms with E-state index in [4.69, 9.17) is 0 Å². The number of H-pyrrole nitrogens is 1. The lowest BCUT2D eigenvalue weighted by Gasteiger charge is -2.09. The highest BCUT2D eigenvalue weighted by Crippen LogP contribution is 2.27.